The average molecular weight is 368 g/mol. The zero-order valence-corrected chi connectivity index (χ0v) is 15.1. The molecule has 0 saturated heterocycles. The third-order valence-corrected chi connectivity index (χ3v) is 4.87. The number of nitrogens with one attached hydrogen (secondary N) is 1. The van der Waals surface area contributed by atoms with Crippen LogP contribution in [0.2, 0.25) is 5.02 Å². The molecule has 0 spiro atoms. The Bertz CT molecular complexity index is 1050. The maximum absolute atomic E-state index is 13.0. The van der Waals surface area contributed by atoms with Gasteiger partial charge in [-0.15, -0.1) is 0 Å². The van der Waals surface area contributed by atoms with E-state index in [4.69, 9.17) is 11.6 Å². The summed E-state index contributed by atoms with van der Waals surface area (Å²) in [5, 5.41) is 4.04. The number of rotatable bonds is 4. The van der Waals surface area contributed by atoms with Crippen LogP contribution in [0.1, 0.15) is 24.2 Å². The third kappa shape index (κ3) is 3.35. The minimum Gasteiger partial charge on any atom is -0.326 e. The summed E-state index contributed by atoms with van der Waals surface area (Å²) < 4.78 is 1.64. The van der Waals surface area contributed by atoms with E-state index in [2.05, 4.69) is 10.3 Å². The molecule has 0 atom stereocenters. The summed E-state index contributed by atoms with van der Waals surface area (Å²) >= 11 is 5.93. The summed E-state index contributed by atoms with van der Waals surface area (Å²) in [7, 11) is 0. The molecule has 0 unspecified atom stereocenters. The van der Waals surface area contributed by atoms with Crippen molar-refractivity contribution < 1.29 is 4.79 Å². The lowest BCUT2D eigenvalue weighted by molar-refractivity contribution is -0.117. The summed E-state index contributed by atoms with van der Waals surface area (Å²) in [6, 6.07) is 12.7. The van der Waals surface area contributed by atoms with Crippen LogP contribution in [0.25, 0.3) is 10.9 Å². The van der Waals surface area contributed by atoms with Gasteiger partial charge in [0.25, 0.3) is 5.56 Å². The van der Waals surface area contributed by atoms with Crippen LogP contribution >= 0.6 is 11.6 Å². The monoisotopic (exact) mass is 367 g/mol. The predicted octanol–water partition coefficient (Wildman–Crippen LogP) is 3.76. The van der Waals surface area contributed by atoms with Crippen molar-refractivity contribution in [1.29, 1.82) is 0 Å². The van der Waals surface area contributed by atoms with Crippen molar-refractivity contribution in [3.8, 4) is 0 Å². The molecule has 1 heterocycles. The molecule has 1 saturated carbocycles. The number of carbonyl (C=O) groups excluding carboxylic acids is 1. The maximum Gasteiger partial charge on any atom is 0.261 e. The fourth-order valence-electron chi connectivity index (χ4n) is 2.96. The van der Waals surface area contributed by atoms with Crippen LogP contribution in [-0.2, 0) is 11.3 Å². The van der Waals surface area contributed by atoms with E-state index in [0.717, 1.165) is 18.4 Å². The molecule has 0 bridgehead atoms. The number of nitrogens with zero attached hydrogens (tertiary/aromatic N) is 2. The normalized spacial score (nSPS) is 13.8. The van der Waals surface area contributed by atoms with Gasteiger partial charge < -0.3 is 5.32 Å². The molecule has 0 radical (unpaired) electrons. The lowest BCUT2D eigenvalue weighted by Gasteiger charge is -2.12. The Kier molecular flexibility index (Phi) is 4.24. The van der Waals surface area contributed by atoms with Gasteiger partial charge >= 0.3 is 0 Å². The first-order valence-electron chi connectivity index (χ1n) is 8.58. The molecule has 0 aliphatic heterocycles. The predicted molar refractivity (Wildman–Crippen MR) is 103 cm³/mol. The highest BCUT2D eigenvalue weighted by molar-refractivity contribution is 6.30. The second kappa shape index (κ2) is 6.57. The number of anilines is 1. The number of hydrogen-bond acceptors (Lipinski definition) is 3. The van der Waals surface area contributed by atoms with E-state index < -0.39 is 0 Å². The summed E-state index contributed by atoms with van der Waals surface area (Å²) in [5.74, 6) is 0.779. The van der Waals surface area contributed by atoms with Crippen molar-refractivity contribution in [3.05, 3.63) is 69.2 Å². The van der Waals surface area contributed by atoms with Gasteiger partial charge in [0.05, 0.1) is 17.4 Å². The Labute approximate surface area is 155 Å². The zero-order valence-electron chi connectivity index (χ0n) is 14.3. The van der Waals surface area contributed by atoms with Gasteiger partial charge in [0.1, 0.15) is 5.82 Å². The van der Waals surface area contributed by atoms with E-state index in [9.17, 15) is 9.59 Å². The van der Waals surface area contributed by atoms with Crippen molar-refractivity contribution >= 4 is 34.1 Å². The number of amides is 1. The maximum atomic E-state index is 13.0. The van der Waals surface area contributed by atoms with E-state index in [-0.39, 0.29) is 17.4 Å². The number of aryl methyl sites for hydroxylation is 1. The van der Waals surface area contributed by atoms with Gasteiger partial charge in [-0.05, 0) is 55.7 Å². The van der Waals surface area contributed by atoms with Gasteiger partial charge in [-0.1, -0.05) is 23.7 Å². The van der Waals surface area contributed by atoms with E-state index >= 15 is 0 Å². The van der Waals surface area contributed by atoms with Crippen LogP contribution in [0.4, 0.5) is 5.69 Å². The van der Waals surface area contributed by atoms with Crippen molar-refractivity contribution in [1.82, 2.24) is 9.55 Å². The number of aromatic nitrogens is 2. The number of halogens is 1. The fourth-order valence-corrected chi connectivity index (χ4v) is 3.08. The van der Waals surface area contributed by atoms with Gasteiger partial charge in [0.2, 0.25) is 5.91 Å². The molecule has 1 aliphatic rings. The van der Waals surface area contributed by atoms with E-state index in [1.807, 2.05) is 19.1 Å². The lowest BCUT2D eigenvalue weighted by atomic mass is 10.2. The quantitative estimate of drug-likeness (QED) is 0.763. The summed E-state index contributed by atoms with van der Waals surface area (Å²) in [6.45, 7) is 2.24. The van der Waals surface area contributed by atoms with Crippen LogP contribution < -0.4 is 10.9 Å². The largest absolute Gasteiger partial charge is 0.326 e. The van der Waals surface area contributed by atoms with Crippen molar-refractivity contribution in [2.24, 2.45) is 5.92 Å². The molecule has 4 rings (SSSR count). The number of fused-ring (bicyclic) bond motifs is 1. The molecule has 132 valence electrons. The standard InChI is InChI=1S/C20H18ClN3O2/c1-12-22-18-9-8-16(23-19(25)14-4-5-14)10-17(18)20(26)24(12)11-13-2-6-15(21)7-3-13/h2-3,6-10,14H,4-5,11H2,1H3,(H,23,25). The third-order valence-electron chi connectivity index (χ3n) is 4.61. The van der Waals surface area contributed by atoms with Crippen molar-refractivity contribution in [2.75, 3.05) is 5.32 Å². The van der Waals surface area contributed by atoms with Crippen molar-refractivity contribution in [3.63, 3.8) is 0 Å². The average Bonchev–Trinajstić information content (AvgIpc) is 3.46. The molecule has 1 aliphatic carbocycles. The van der Waals surface area contributed by atoms with Crippen LogP contribution in [0.15, 0.2) is 47.3 Å². The van der Waals surface area contributed by atoms with Crippen LogP contribution in [-0.4, -0.2) is 15.5 Å². The first-order valence-corrected chi connectivity index (χ1v) is 8.95. The van der Waals surface area contributed by atoms with Crippen LogP contribution in [0, 0.1) is 12.8 Å². The highest BCUT2D eigenvalue weighted by Gasteiger charge is 2.29. The minimum atomic E-state index is -0.120. The summed E-state index contributed by atoms with van der Waals surface area (Å²) in [5.41, 5.74) is 2.11. The summed E-state index contributed by atoms with van der Waals surface area (Å²) in [4.78, 5) is 29.5. The zero-order chi connectivity index (χ0) is 18.3. The Hall–Kier alpha value is -2.66. The lowest BCUT2D eigenvalue weighted by Crippen LogP contribution is -2.24. The second-order valence-electron chi connectivity index (χ2n) is 6.67. The fraction of sp³-hybridized carbons (Fsp3) is 0.250. The van der Waals surface area contributed by atoms with Gasteiger partial charge in [0.15, 0.2) is 0 Å². The smallest absolute Gasteiger partial charge is 0.261 e. The highest BCUT2D eigenvalue weighted by Crippen LogP contribution is 2.30. The van der Waals surface area contributed by atoms with Crippen molar-refractivity contribution in [2.45, 2.75) is 26.3 Å². The Morgan fingerprint density at radius 1 is 1.23 bits per heavy atom. The molecule has 5 nitrogen and oxygen atoms in total. The van der Waals surface area contributed by atoms with Gasteiger partial charge in [0, 0.05) is 16.6 Å². The SMILES string of the molecule is Cc1nc2ccc(NC(=O)C3CC3)cc2c(=O)n1Cc1ccc(Cl)cc1. The first kappa shape index (κ1) is 16.8. The van der Waals surface area contributed by atoms with Crippen LogP contribution in [0.3, 0.4) is 0 Å². The topological polar surface area (TPSA) is 64.0 Å². The molecule has 1 N–H and O–H groups in total. The molecule has 6 heteroatoms. The molecule has 1 amide bonds. The number of benzene rings is 2. The Morgan fingerprint density at radius 3 is 2.65 bits per heavy atom. The van der Waals surface area contributed by atoms with E-state index in [1.165, 1.54) is 0 Å². The second-order valence-corrected chi connectivity index (χ2v) is 7.11. The van der Waals surface area contributed by atoms with Gasteiger partial charge in [-0.25, -0.2) is 4.98 Å². The molecule has 26 heavy (non-hydrogen) atoms. The molecular weight excluding hydrogens is 350 g/mol. The number of hydrogen-bond donors (Lipinski definition) is 1. The molecule has 3 aromatic rings. The summed E-state index contributed by atoms with van der Waals surface area (Å²) in [6.07, 6.45) is 1.88. The van der Waals surface area contributed by atoms with E-state index in [0.29, 0.717) is 34.0 Å². The molecule has 2 aromatic carbocycles. The Morgan fingerprint density at radius 2 is 1.96 bits per heavy atom. The molecule has 1 fully saturated rings. The van der Waals surface area contributed by atoms with Gasteiger partial charge in [-0.2, -0.15) is 0 Å². The van der Waals surface area contributed by atoms with E-state index in [1.54, 1.807) is 34.9 Å². The minimum absolute atomic E-state index is 0.0194. The van der Waals surface area contributed by atoms with Gasteiger partial charge in [-0.3, -0.25) is 14.2 Å². The van der Waals surface area contributed by atoms with Crippen LogP contribution in [0.5, 0.6) is 0 Å². The molecular formula is C20H18ClN3O2. The molecule has 1 aromatic heterocycles. The Balaban J connectivity index is 1.71. The first-order chi connectivity index (χ1) is 12.5. The number of carbonyl (C=O) groups is 1. The highest BCUT2D eigenvalue weighted by atomic mass is 35.5.